The van der Waals surface area contributed by atoms with E-state index in [4.69, 9.17) is 4.74 Å². The van der Waals surface area contributed by atoms with Gasteiger partial charge in [-0.25, -0.2) is 4.90 Å². The average Bonchev–Trinajstić information content (AvgIpc) is 3.57. The number of aromatic nitrogens is 1. The van der Waals surface area contributed by atoms with Gasteiger partial charge >= 0.3 is 0 Å². The van der Waals surface area contributed by atoms with E-state index in [1.807, 2.05) is 18.3 Å². The van der Waals surface area contributed by atoms with E-state index in [0.717, 1.165) is 23.4 Å². The standard InChI is InChI=1S/C28H27N3O5/c1-18(32)28-23-22(24(33)31(25(23)34)20-11-4-3-5-12-20)27(36-28,29(2)26(28)35)15-8-9-16-30-17-14-19-10-6-7-13-21(19)30/h3-7,10-14,17,22-23H,8-9,15-16H2,1-2H3. The van der Waals surface area contributed by atoms with Crippen molar-refractivity contribution in [3.8, 4) is 0 Å². The molecule has 0 saturated carbocycles. The first-order chi connectivity index (χ1) is 17.3. The van der Waals surface area contributed by atoms with Crippen molar-refractivity contribution in [2.24, 2.45) is 11.8 Å². The number of anilines is 1. The number of amides is 3. The van der Waals surface area contributed by atoms with E-state index in [1.54, 1.807) is 37.4 Å². The molecule has 0 spiro atoms. The van der Waals surface area contributed by atoms with Crippen LogP contribution < -0.4 is 4.90 Å². The van der Waals surface area contributed by atoms with Crippen LogP contribution in [0.4, 0.5) is 5.69 Å². The van der Waals surface area contributed by atoms with E-state index < -0.39 is 46.7 Å². The Bertz CT molecular complexity index is 1410. The van der Waals surface area contributed by atoms with Crippen molar-refractivity contribution < 1.29 is 23.9 Å². The molecule has 1 aromatic heterocycles. The van der Waals surface area contributed by atoms with E-state index in [0.29, 0.717) is 18.5 Å². The third-order valence-electron chi connectivity index (χ3n) is 8.16. The summed E-state index contributed by atoms with van der Waals surface area (Å²) >= 11 is 0. The third-order valence-corrected chi connectivity index (χ3v) is 8.16. The quantitative estimate of drug-likeness (QED) is 0.291. The van der Waals surface area contributed by atoms with Crippen molar-refractivity contribution in [2.45, 2.75) is 44.1 Å². The molecule has 8 nitrogen and oxygen atoms in total. The van der Waals surface area contributed by atoms with E-state index >= 15 is 0 Å². The van der Waals surface area contributed by atoms with Crippen LogP contribution in [0.1, 0.15) is 26.2 Å². The van der Waals surface area contributed by atoms with Gasteiger partial charge in [0.15, 0.2) is 11.5 Å². The predicted octanol–water partition coefficient (Wildman–Crippen LogP) is 3.14. The number of imide groups is 1. The van der Waals surface area contributed by atoms with Gasteiger partial charge in [-0.3, -0.25) is 19.2 Å². The number of hydrogen-bond donors (Lipinski definition) is 0. The predicted molar refractivity (Wildman–Crippen MR) is 132 cm³/mol. The van der Waals surface area contributed by atoms with Gasteiger partial charge in [-0.15, -0.1) is 0 Å². The van der Waals surface area contributed by atoms with Crippen molar-refractivity contribution in [1.82, 2.24) is 9.47 Å². The topological polar surface area (TPSA) is 88.9 Å². The fraction of sp³-hybridized carbons (Fsp3) is 0.357. The lowest BCUT2D eigenvalue weighted by Crippen LogP contribution is -2.60. The van der Waals surface area contributed by atoms with Crippen LogP contribution in [-0.2, 0) is 30.5 Å². The van der Waals surface area contributed by atoms with Crippen LogP contribution in [0.25, 0.3) is 10.9 Å². The number of carbonyl (C=O) groups excluding carboxylic acids is 4. The molecule has 0 aliphatic carbocycles. The summed E-state index contributed by atoms with van der Waals surface area (Å²) in [5, 5.41) is 1.17. The van der Waals surface area contributed by atoms with Crippen LogP contribution in [-0.4, -0.2) is 51.3 Å². The van der Waals surface area contributed by atoms with Crippen molar-refractivity contribution in [2.75, 3.05) is 11.9 Å². The third kappa shape index (κ3) is 2.79. The summed E-state index contributed by atoms with van der Waals surface area (Å²) in [5.74, 6) is -4.13. The van der Waals surface area contributed by atoms with Crippen molar-refractivity contribution in [1.29, 1.82) is 0 Å². The van der Waals surface area contributed by atoms with Crippen LogP contribution >= 0.6 is 0 Å². The number of aryl methyl sites for hydroxylation is 1. The number of nitrogens with zero attached hydrogens (tertiary/aromatic N) is 3. The lowest BCUT2D eigenvalue weighted by molar-refractivity contribution is -0.155. The molecule has 3 aliphatic heterocycles. The minimum atomic E-state index is -1.95. The number of rotatable bonds is 7. The van der Waals surface area contributed by atoms with Gasteiger partial charge in [0.25, 0.3) is 5.91 Å². The number of Topliss-reactive ketones (excluding diaryl/α,β-unsaturated/α-hetero) is 1. The second-order valence-electron chi connectivity index (χ2n) is 9.93. The molecule has 184 valence electrons. The molecule has 0 radical (unpaired) electrons. The molecular weight excluding hydrogens is 458 g/mol. The first kappa shape index (κ1) is 22.7. The maximum Gasteiger partial charge on any atom is 0.265 e. The Hall–Kier alpha value is -3.78. The molecule has 0 N–H and O–H groups in total. The van der Waals surface area contributed by atoms with Crippen LogP contribution in [0.5, 0.6) is 0 Å². The van der Waals surface area contributed by atoms with Crippen LogP contribution in [0.2, 0.25) is 0 Å². The van der Waals surface area contributed by atoms with Gasteiger partial charge in [0.1, 0.15) is 11.8 Å². The van der Waals surface area contributed by atoms with Crippen molar-refractivity contribution in [3.05, 3.63) is 66.9 Å². The largest absolute Gasteiger partial charge is 0.347 e. The second kappa shape index (κ2) is 7.86. The first-order valence-corrected chi connectivity index (χ1v) is 12.3. The number of piperidine rings is 1. The van der Waals surface area contributed by atoms with Crippen LogP contribution in [0.15, 0.2) is 66.9 Å². The molecule has 4 heterocycles. The summed E-state index contributed by atoms with van der Waals surface area (Å²) < 4.78 is 8.46. The van der Waals surface area contributed by atoms with Gasteiger partial charge < -0.3 is 14.2 Å². The SMILES string of the molecule is CC(=O)C12OC(CCCCn3ccc4ccccc43)(C3C(=O)N(c4ccccc4)C(=O)C31)N(C)C2=O. The van der Waals surface area contributed by atoms with E-state index in [2.05, 4.69) is 22.8 Å². The Balaban J connectivity index is 1.30. The minimum absolute atomic E-state index is 0.353. The average molecular weight is 486 g/mol. The summed E-state index contributed by atoms with van der Waals surface area (Å²) in [6, 6.07) is 18.9. The van der Waals surface area contributed by atoms with Crippen LogP contribution in [0.3, 0.4) is 0 Å². The molecule has 3 aliphatic rings. The highest BCUT2D eigenvalue weighted by Gasteiger charge is 2.83. The zero-order valence-corrected chi connectivity index (χ0v) is 20.2. The number of ether oxygens (including phenoxy) is 1. The summed E-state index contributed by atoms with van der Waals surface area (Å²) in [6.45, 7) is 2.03. The number of fused-ring (bicyclic) bond motifs is 6. The highest BCUT2D eigenvalue weighted by molar-refractivity contribution is 6.28. The number of para-hydroxylation sites is 2. The molecule has 2 bridgehead atoms. The lowest BCUT2D eigenvalue weighted by atomic mass is 9.71. The molecular formula is C28H27N3O5. The summed E-state index contributed by atoms with van der Waals surface area (Å²) in [5.41, 5.74) is -1.70. The van der Waals surface area contributed by atoms with Gasteiger partial charge in [0.2, 0.25) is 17.4 Å². The monoisotopic (exact) mass is 485 g/mol. The Labute approximate surface area is 208 Å². The lowest BCUT2D eigenvalue weighted by Gasteiger charge is -2.38. The van der Waals surface area contributed by atoms with E-state index in [9.17, 15) is 19.2 Å². The number of benzene rings is 2. The number of likely N-dealkylation sites (N-methyl/N-ethyl adjacent to an activating group) is 1. The molecule has 4 unspecified atom stereocenters. The molecule has 2 aromatic carbocycles. The van der Waals surface area contributed by atoms with E-state index in [1.165, 1.54) is 17.2 Å². The Morgan fingerprint density at radius 3 is 2.36 bits per heavy atom. The summed E-state index contributed by atoms with van der Waals surface area (Å²) in [7, 11) is 1.58. The zero-order valence-electron chi connectivity index (χ0n) is 20.2. The highest BCUT2D eigenvalue weighted by atomic mass is 16.6. The second-order valence-corrected chi connectivity index (χ2v) is 9.93. The fourth-order valence-electron chi connectivity index (χ4n) is 6.46. The maximum absolute atomic E-state index is 13.7. The number of ketones is 1. The molecule has 3 saturated heterocycles. The Kier molecular flexibility index (Phi) is 4.95. The van der Waals surface area contributed by atoms with Crippen molar-refractivity contribution >= 4 is 40.1 Å². The number of likely N-dealkylation sites (tertiary alicyclic amines) is 1. The van der Waals surface area contributed by atoms with Gasteiger partial charge in [-0.05, 0) is 55.8 Å². The molecule has 3 aromatic rings. The van der Waals surface area contributed by atoms with Crippen LogP contribution in [0, 0.1) is 11.8 Å². The maximum atomic E-state index is 13.7. The fourth-order valence-corrected chi connectivity index (χ4v) is 6.46. The molecule has 6 rings (SSSR count). The molecule has 4 atom stereocenters. The minimum Gasteiger partial charge on any atom is -0.347 e. The molecule has 36 heavy (non-hydrogen) atoms. The number of unbranched alkanes of at least 4 members (excludes halogenated alkanes) is 1. The summed E-state index contributed by atoms with van der Waals surface area (Å²) in [4.78, 5) is 56.2. The Morgan fingerprint density at radius 1 is 0.917 bits per heavy atom. The van der Waals surface area contributed by atoms with Gasteiger partial charge in [0, 0.05) is 25.3 Å². The molecule has 3 amide bonds. The molecule has 3 fully saturated rings. The summed E-state index contributed by atoms with van der Waals surface area (Å²) in [6.07, 6.45) is 3.83. The zero-order chi connectivity index (χ0) is 25.2. The van der Waals surface area contributed by atoms with Crippen molar-refractivity contribution in [3.63, 3.8) is 0 Å². The number of carbonyl (C=O) groups is 4. The first-order valence-electron chi connectivity index (χ1n) is 12.3. The van der Waals surface area contributed by atoms with Gasteiger partial charge in [0.05, 0.1) is 5.69 Å². The molecule has 8 heteroatoms. The van der Waals surface area contributed by atoms with E-state index in [-0.39, 0.29) is 0 Å². The van der Waals surface area contributed by atoms with Gasteiger partial charge in [-0.1, -0.05) is 36.4 Å². The smallest absolute Gasteiger partial charge is 0.265 e. The Morgan fingerprint density at radius 2 is 1.61 bits per heavy atom. The number of hydrogen-bond acceptors (Lipinski definition) is 5. The van der Waals surface area contributed by atoms with Gasteiger partial charge in [-0.2, -0.15) is 0 Å². The normalized spacial score (nSPS) is 29.0. The highest BCUT2D eigenvalue weighted by Crippen LogP contribution is 2.61.